The summed E-state index contributed by atoms with van der Waals surface area (Å²) in [5, 5.41) is 0. The first-order valence-corrected chi connectivity index (χ1v) is 9.29. The first kappa shape index (κ1) is 17.7. The molecule has 0 N–H and O–H groups in total. The highest BCUT2D eigenvalue weighted by Crippen LogP contribution is 2.46. The van der Waals surface area contributed by atoms with Crippen LogP contribution < -0.4 is 0 Å². The van der Waals surface area contributed by atoms with Gasteiger partial charge in [0, 0.05) is 13.7 Å². The zero-order valence-corrected chi connectivity index (χ0v) is 15.0. The lowest BCUT2D eigenvalue weighted by Gasteiger charge is -2.40. The number of alkyl halides is 2. The van der Waals surface area contributed by atoms with Crippen molar-refractivity contribution in [3.05, 3.63) is 54.1 Å². The van der Waals surface area contributed by atoms with E-state index in [0.29, 0.717) is 5.92 Å². The number of methoxy groups -OCH3 is 1. The minimum atomic E-state index is -1.14. The largest absolute Gasteiger partial charge is 0.385 e. The van der Waals surface area contributed by atoms with E-state index in [1.54, 1.807) is 13.2 Å². The van der Waals surface area contributed by atoms with E-state index in [2.05, 4.69) is 0 Å². The molecule has 2 aliphatic carbocycles. The summed E-state index contributed by atoms with van der Waals surface area (Å²) in [6, 6.07) is 9.93. The Morgan fingerprint density at radius 2 is 1.88 bits per heavy atom. The van der Waals surface area contributed by atoms with Crippen LogP contribution in [-0.4, -0.2) is 24.8 Å². The first-order valence-electron chi connectivity index (χ1n) is 8.92. The van der Waals surface area contributed by atoms with Gasteiger partial charge in [-0.05, 0) is 48.3 Å². The maximum Gasteiger partial charge on any atom is 0.142 e. The van der Waals surface area contributed by atoms with Crippen molar-refractivity contribution in [2.24, 2.45) is 11.8 Å². The van der Waals surface area contributed by atoms with E-state index >= 15 is 0 Å². The summed E-state index contributed by atoms with van der Waals surface area (Å²) in [6.07, 6.45) is 9.80. The topological polar surface area (TPSA) is 9.23 Å². The molecular weight excluding hydrogens is 323 g/mol. The summed E-state index contributed by atoms with van der Waals surface area (Å²) in [4.78, 5) is -0.884. The van der Waals surface area contributed by atoms with Crippen LogP contribution in [0.1, 0.15) is 37.7 Å². The third-order valence-corrected chi connectivity index (χ3v) is 6.22. The fourth-order valence-corrected chi connectivity index (χ4v) is 4.36. The standard InChI is InChI=1S/C21H26ClFO/c1-24-14-12-16-7-9-19(10-8-16)21(22)13-11-18(15-20(21)23)17-5-3-2-4-6-17/h2-6,11,13,15-16,19-20H,7-10,12,14H2,1H3/t16-,19-,20?,21?. The molecule has 1 aromatic rings. The van der Waals surface area contributed by atoms with Gasteiger partial charge in [-0.15, -0.1) is 11.6 Å². The SMILES string of the molecule is COCC[C@H]1CC[C@H](C2(Cl)C=CC(c3ccccc3)=CC2F)CC1. The second-order valence-corrected chi connectivity index (χ2v) is 7.70. The second-order valence-electron chi connectivity index (χ2n) is 7.05. The fourth-order valence-electron chi connectivity index (χ4n) is 4.01. The normalized spacial score (nSPS) is 33.3. The molecule has 3 rings (SSSR count). The van der Waals surface area contributed by atoms with Crippen LogP contribution in [0.25, 0.3) is 5.57 Å². The number of ether oxygens (including phenoxy) is 1. The van der Waals surface area contributed by atoms with E-state index < -0.39 is 11.0 Å². The highest BCUT2D eigenvalue weighted by atomic mass is 35.5. The highest BCUT2D eigenvalue weighted by Gasteiger charge is 2.44. The van der Waals surface area contributed by atoms with Crippen molar-refractivity contribution < 1.29 is 9.13 Å². The third kappa shape index (κ3) is 3.75. The first-order chi connectivity index (χ1) is 11.6. The number of halogens is 2. The van der Waals surface area contributed by atoms with Gasteiger partial charge >= 0.3 is 0 Å². The number of rotatable bonds is 5. The molecule has 130 valence electrons. The van der Waals surface area contributed by atoms with Crippen LogP contribution in [-0.2, 0) is 4.74 Å². The van der Waals surface area contributed by atoms with Crippen molar-refractivity contribution >= 4 is 17.2 Å². The zero-order valence-electron chi connectivity index (χ0n) is 14.3. The van der Waals surface area contributed by atoms with E-state index in [-0.39, 0.29) is 5.92 Å². The monoisotopic (exact) mass is 348 g/mol. The zero-order chi connectivity index (χ0) is 17.0. The average molecular weight is 349 g/mol. The van der Waals surface area contributed by atoms with Crippen molar-refractivity contribution in [2.45, 2.75) is 43.1 Å². The number of benzene rings is 1. The van der Waals surface area contributed by atoms with Gasteiger partial charge in [0.15, 0.2) is 0 Å². The third-order valence-electron chi connectivity index (χ3n) is 5.58. The van der Waals surface area contributed by atoms with Gasteiger partial charge in [0.25, 0.3) is 0 Å². The van der Waals surface area contributed by atoms with Crippen LogP contribution >= 0.6 is 11.6 Å². The average Bonchev–Trinajstić information content (AvgIpc) is 2.63. The molecule has 24 heavy (non-hydrogen) atoms. The van der Waals surface area contributed by atoms with Gasteiger partial charge in [0.2, 0.25) is 0 Å². The van der Waals surface area contributed by atoms with Gasteiger partial charge in [0.05, 0.1) is 0 Å². The van der Waals surface area contributed by atoms with Crippen LogP contribution in [0.5, 0.6) is 0 Å². The maximum atomic E-state index is 15.0. The van der Waals surface area contributed by atoms with E-state index in [0.717, 1.165) is 49.8 Å². The molecular formula is C21H26ClFO. The molecule has 0 bridgehead atoms. The highest BCUT2D eigenvalue weighted by molar-refractivity contribution is 6.26. The van der Waals surface area contributed by atoms with Gasteiger partial charge in [-0.1, -0.05) is 55.3 Å². The second kappa shape index (κ2) is 7.84. The minimum Gasteiger partial charge on any atom is -0.385 e. The molecule has 1 nitrogen and oxygen atoms in total. The van der Waals surface area contributed by atoms with Gasteiger partial charge in [-0.3, -0.25) is 0 Å². The number of hydrogen-bond acceptors (Lipinski definition) is 1. The number of hydrogen-bond donors (Lipinski definition) is 0. The van der Waals surface area contributed by atoms with Gasteiger partial charge in [-0.2, -0.15) is 0 Å². The molecule has 0 aliphatic heterocycles. The summed E-state index contributed by atoms with van der Waals surface area (Å²) in [5.74, 6) is 0.903. The quantitative estimate of drug-likeness (QED) is 0.611. The van der Waals surface area contributed by atoms with E-state index in [9.17, 15) is 4.39 Å². The Morgan fingerprint density at radius 3 is 2.50 bits per heavy atom. The lowest BCUT2D eigenvalue weighted by Crippen LogP contribution is -2.42. The Kier molecular flexibility index (Phi) is 5.78. The molecule has 1 aromatic carbocycles. The van der Waals surface area contributed by atoms with Crippen molar-refractivity contribution in [3.8, 4) is 0 Å². The molecule has 0 radical (unpaired) electrons. The Morgan fingerprint density at radius 1 is 1.17 bits per heavy atom. The predicted molar refractivity (Wildman–Crippen MR) is 99.0 cm³/mol. The van der Waals surface area contributed by atoms with Gasteiger partial charge < -0.3 is 4.74 Å². The minimum absolute atomic E-state index is 0.206. The van der Waals surface area contributed by atoms with Crippen molar-refractivity contribution in [3.63, 3.8) is 0 Å². The van der Waals surface area contributed by atoms with Crippen LogP contribution in [0.2, 0.25) is 0 Å². The molecule has 0 spiro atoms. The van der Waals surface area contributed by atoms with Crippen molar-refractivity contribution in [2.75, 3.05) is 13.7 Å². The van der Waals surface area contributed by atoms with Gasteiger partial charge in [-0.25, -0.2) is 4.39 Å². The Labute approximate surface area is 149 Å². The smallest absolute Gasteiger partial charge is 0.142 e. The molecule has 1 fully saturated rings. The fraction of sp³-hybridized carbons (Fsp3) is 0.524. The Balaban J connectivity index is 1.65. The molecule has 2 unspecified atom stereocenters. The molecule has 2 atom stereocenters. The summed E-state index contributed by atoms with van der Waals surface area (Å²) in [5.41, 5.74) is 1.96. The summed E-state index contributed by atoms with van der Waals surface area (Å²) in [7, 11) is 1.75. The van der Waals surface area contributed by atoms with Crippen molar-refractivity contribution in [1.82, 2.24) is 0 Å². The molecule has 1 saturated carbocycles. The van der Waals surface area contributed by atoms with Gasteiger partial charge in [0.1, 0.15) is 11.0 Å². The summed E-state index contributed by atoms with van der Waals surface area (Å²) < 4.78 is 20.1. The lowest BCUT2D eigenvalue weighted by molar-refractivity contribution is 0.142. The molecule has 2 aliphatic rings. The lowest BCUT2D eigenvalue weighted by atomic mass is 9.71. The molecule has 0 amide bonds. The molecule has 0 saturated heterocycles. The summed E-state index contributed by atoms with van der Waals surface area (Å²) in [6.45, 7) is 0.816. The van der Waals surface area contributed by atoms with Crippen molar-refractivity contribution in [1.29, 1.82) is 0 Å². The maximum absolute atomic E-state index is 15.0. The Bertz CT molecular complexity index is 589. The molecule has 0 aromatic heterocycles. The van der Waals surface area contributed by atoms with E-state index in [1.807, 2.05) is 42.5 Å². The molecule has 0 heterocycles. The predicted octanol–water partition coefficient (Wildman–Crippen LogP) is 5.80. The molecule has 3 heteroatoms. The van der Waals surface area contributed by atoms with Crippen LogP contribution in [0.15, 0.2) is 48.6 Å². The van der Waals surface area contributed by atoms with Crippen LogP contribution in [0.4, 0.5) is 4.39 Å². The van der Waals surface area contributed by atoms with E-state index in [4.69, 9.17) is 16.3 Å². The Hall–Kier alpha value is -1.12. The number of allylic oxidation sites excluding steroid dienone is 4. The van der Waals surface area contributed by atoms with Crippen LogP contribution in [0.3, 0.4) is 0 Å². The van der Waals surface area contributed by atoms with E-state index in [1.165, 1.54) is 0 Å². The van der Waals surface area contributed by atoms with Crippen LogP contribution in [0, 0.1) is 11.8 Å². The summed E-state index contributed by atoms with van der Waals surface area (Å²) >= 11 is 6.78.